The number of thioether (sulfide) groups is 1. The Hall–Kier alpha value is -0.720. The number of nitrogen functional groups attached to an aromatic ring is 1. The van der Waals surface area contributed by atoms with E-state index in [1.165, 1.54) is 11.5 Å². The molecule has 1 fully saturated rings. The number of β-amino-alcohol motifs (C(OH)–C–C–N with tert-alkyl or cyclic N) is 1. The summed E-state index contributed by atoms with van der Waals surface area (Å²) in [4.78, 5) is 2.32. The molecule has 1 atom stereocenters. The second-order valence-corrected chi connectivity index (χ2v) is 6.06. The number of hydrogen-bond acceptors (Lipinski definition) is 5. The van der Waals surface area contributed by atoms with Gasteiger partial charge in [-0.25, -0.2) is 0 Å². The highest BCUT2D eigenvalue weighted by molar-refractivity contribution is 7.99. The van der Waals surface area contributed by atoms with Gasteiger partial charge in [-0.05, 0) is 13.8 Å². The molecule has 1 aliphatic heterocycles. The zero-order valence-electron chi connectivity index (χ0n) is 11.1. The van der Waals surface area contributed by atoms with Crippen LogP contribution in [-0.2, 0) is 6.54 Å². The number of hydrogen-bond donors (Lipinski definition) is 2. The molecule has 1 aromatic rings. The van der Waals surface area contributed by atoms with Crippen molar-refractivity contribution < 1.29 is 5.11 Å². The van der Waals surface area contributed by atoms with E-state index >= 15 is 0 Å². The van der Waals surface area contributed by atoms with Crippen LogP contribution in [0.5, 0.6) is 0 Å². The van der Waals surface area contributed by atoms with Crippen LogP contribution in [0.25, 0.3) is 0 Å². The van der Waals surface area contributed by atoms with Crippen molar-refractivity contribution in [1.29, 1.82) is 0 Å². The molecule has 2 rings (SSSR count). The first-order valence-electron chi connectivity index (χ1n) is 6.35. The number of nitrogens with zero attached hydrogens (tertiary/aromatic N) is 3. The van der Waals surface area contributed by atoms with E-state index in [1.807, 2.05) is 30.3 Å². The van der Waals surface area contributed by atoms with Gasteiger partial charge in [0, 0.05) is 31.1 Å². The van der Waals surface area contributed by atoms with Crippen molar-refractivity contribution in [2.24, 2.45) is 0 Å². The highest BCUT2D eigenvalue weighted by atomic mass is 32.2. The average molecular weight is 270 g/mol. The average Bonchev–Trinajstić information content (AvgIpc) is 2.58. The van der Waals surface area contributed by atoms with E-state index < -0.39 is 0 Å². The molecular formula is C12H22N4OS. The summed E-state index contributed by atoms with van der Waals surface area (Å²) in [6, 6.07) is 0. The number of aliphatic hydroxyl groups is 1. The fourth-order valence-electron chi connectivity index (χ4n) is 2.23. The maximum atomic E-state index is 10.1. The maximum absolute atomic E-state index is 10.1. The molecule has 1 unspecified atom stereocenters. The van der Waals surface area contributed by atoms with Gasteiger partial charge in [0.2, 0.25) is 0 Å². The number of nitrogens with two attached hydrogens (primary N) is 1. The summed E-state index contributed by atoms with van der Waals surface area (Å²) in [5.74, 6) is 2.33. The van der Waals surface area contributed by atoms with Gasteiger partial charge in [-0.1, -0.05) is 0 Å². The summed E-state index contributed by atoms with van der Waals surface area (Å²) in [6.45, 7) is 7.22. The van der Waals surface area contributed by atoms with E-state index in [4.69, 9.17) is 5.73 Å². The van der Waals surface area contributed by atoms with Crippen LogP contribution in [0.3, 0.4) is 0 Å². The third kappa shape index (κ3) is 3.18. The highest BCUT2D eigenvalue weighted by Crippen LogP contribution is 2.15. The van der Waals surface area contributed by atoms with Gasteiger partial charge in [-0.3, -0.25) is 9.58 Å². The van der Waals surface area contributed by atoms with Crippen molar-refractivity contribution in [3.8, 4) is 0 Å². The Labute approximate surface area is 112 Å². The number of anilines is 1. The van der Waals surface area contributed by atoms with Gasteiger partial charge in [0.25, 0.3) is 0 Å². The molecular weight excluding hydrogens is 248 g/mol. The predicted octanol–water partition coefficient (Wildman–Crippen LogP) is 0.492. The minimum Gasteiger partial charge on any atom is -0.396 e. The summed E-state index contributed by atoms with van der Waals surface area (Å²) < 4.78 is 1.81. The first-order valence-corrected chi connectivity index (χ1v) is 7.51. The monoisotopic (exact) mass is 270 g/mol. The number of aliphatic hydroxyl groups excluding tert-OH is 1. The summed E-state index contributed by atoms with van der Waals surface area (Å²) in [7, 11) is 0. The quantitative estimate of drug-likeness (QED) is 0.833. The van der Waals surface area contributed by atoms with Gasteiger partial charge in [0.1, 0.15) is 0 Å². The normalized spacial score (nSPS) is 19.1. The molecule has 1 saturated heterocycles. The Kier molecular flexibility index (Phi) is 4.53. The lowest BCUT2D eigenvalue weighted by atomic mass is 10.3. The van der Waals surface area contributed by atoms with Crippen molar-refractivity contribution in [3.63, 3.8) is 0 Å². The molecule has 1 aromatic heterocycles. The van der Waals surface area contributed by atoms with Crippen molar-refractivity contribution in [2.45, 2.75) is 26.5 Å². The first kappa shape index (κ1) is 13.7. The van der Waals surface area contributed by atoms with Crippen molar-refractivity contribution >= 4 is 17.4 Å². The van der Waals surface area contributed by atoms with Crippen LogP contribution in [0.2, 0.25) is 0 Å². The molecule has 3 N–H and O–H groups in total. The Morgan fingerprint density at radius 2 is 2.00 bits per heavy atom. The van der Waals surface area contributed by atoms with Crippen LogP contribution in [0.1, 0.15) is 11.4 Å². The van der Waals surface area contributed by atoms with Crippen LogP contribution in [0.15, 0.2) is 0 Å². The molecule has 0 bridgehead atoms. The smallest absolute Gasteiger partial charge is 0.0862 e. The Morgan fingerprint density at radius 3 is 2.56 bits per heavy atom. The topological polar surface area (TPSA) is 67.3 Å². The van der Waals surface area contributed by atoms with E-state index in [9.17, 15) is 5.11 Å². The molecule has 2 heterocycles. The minimum atomic E-state index is -0.384. The van der Waals surface area contributed by atoms with Crippen LogP contribution in [-0.4, -0.2) is 57.0 Å². The third-order valence-electron chi connectivity index (χ3n) is 3.39. The molecule has 0 radical (unpaired) electrons. The van der Waals surface area contributed by atoms with Gasteiger partial charge in [0.15, 0.2) is 0 Å². The van der Waals surface area contributed by atoms with E-state index in [2.05, 4.69) is 10.00 Å². The Bertz CT molecular complexity index is 401. The molecule has 1 aliphatic rings. The molecule has 18 heavy (non-hydrogen) atoms. The van der Waals surface area contributed by atoms with E-state index in [0.29, 0.717) is 6.54 Å². The Balaban J connectivity index is 1.89. The maximum Gasteiger partial charge on any atom is 0.0862 e. The molecule has 5 nitrogen and oxygen atoms in total. The van der Waals surface area contributed by atoms with Crippen molar-refractivity contribution in [1.82, 2.24) is 14.7 Å². The summed E-state index contributed by atoms with van der Waals surface area (Å²) in [5.41, 5.74) is 8.40. The zero-order valence-corrected chi connectivity index (χ0v) is 11.9. The fourth-order valence-corrected chi connectivity index (χ4v) is 3.21. The summed E-state index contributed by atoms with van der Waals surface area (Å²) in [6.07, 6.45) is -0.384. The first-order chi connectivity index (χ1) is 8.58. The second kappa shape index (κ2) is 5.95. The van der Waals surface area contributed by atoms with Crippen molar-refractivity contribution in [2.75, 3.05) is 36.9 Å². The Morgan fingerprint density at radius 1 is 1.33 bits per heavy atom. The van der Waals surface area contributed by atoms with Crippen LogP contribution < -0.4 is 5.73 Å². The minimum absolute atomic E-state index is 0.384. The highest BCUT2D eigenvalue weighted by Gasteiger charge is 2.17. The molecule has 0 aromatic carbocycles. The third-order valence-corrected chi connectivity index (χ3v) is 4.34. The summed E-state index contributed by atoms with van der Waals surface area (Å²) in [5, 5.41) is 14.5. The van der Waals surface area contributed by atoms with Crippen molar-refractivity contribution in [3.05, 3.63) is 11.4 Å². The van der Waals surface area contributed by atoms with E-state index in [1.54, 1.807) is 0 Å². The molecule has 0 spiro atoms. The van der Waals surface area contributed by atoms with Gasteiger partial charge >= 0.3 is 0 Å². The molecule has 0 saturated carbocycles. The lowest BCUT2D eigenvalue weighted by Gasteiger charge is -2.28. The SMILES string of the molecule is Cc1nn(CC(O)CN2CCSCC2)c(C)c1N. The lowest BCUT2D eigenvalue weighted by molar-refractivity contribution is 0.0989. The molecule has 0 aliphatic carbocycles. The van der Waals surface area contributed by atoms with Crippen LogP contribution >= 0.6 is 11.8 Å². The lowest BCUT2D eigenvalue weighted by Crippen LogP contribution is -2.40. The molecule has 0 amide bonds. The molecule has 102 valence electrons. The fraction of sp³-hybridized carbons (Fsp3) is 0.750. The van der Waals surface area contributed by atoms with Crippen LogP contribution in [0.4, 0.5) is 5.69 Å². The number of aryl methyl sites for hydroxylation is 1. The van der Waals surface area contributed by atoms with Crippen LogP contribution in [0, 0.1) is 13.8 Å². The van der Waals surface area contributed by atoms with Gasteiger partial charge < -0.3 is 10.8 Å². The standard InChI is InChI=1S/C12H22N4OS/c1-9-12(13)10(2)16(14-9)8-11(17)7-15-3-5-18-6-4-15/h11,17H,3-8,13H2,1-2H3. The number of aromatic nitrogens is 2. The zero-order chi connectivity index (χ0) is 13.1. The van der Waals surface area contributed by atoms with E-state index in [-0.39, 0.29) is 6.10 Å². The van der Waals surface area contributed by atoms with E-state index in [0.717, 1.165) is 36.7 Å². The van der Waals surface area contributed by atoms with Gasteiger partial charge in [0.05, 0.1) is 29.7 Å². The summed E-state index contributed by atoms with van der Waals surface area (Å²) >= 11 is 1.98. The number of rotatable bonds is 4. The largest absolute Gasteiger partial charge is 0.396 e. The second-order valence-electron chi connectivity index (χ2n) is 4.83. The van der Waals surface area contributed by atoms with Gasteiger partial charge in [-0.15, -0.1) is 0 Å². The van der Waals surface area contributed by atoms with Gasteiger partial charge in [-0.2, -0.15) is 16.9 Å². The molecule has 6 heteroatoms. The predicted molar refractivity (Wildman–Crippen MR) is 75.9 cm³/mol.